The standard InChI is InChI=1S/C23H25N7O/c1-28(13-17-4-2-16(12-24)3-5-17)23(31)18-14-29(15-18)22-19-6-9-25-10-7-20(19)27-21-8-11-26-30(21)22/h2-5,8,11,18,25H,6-7,9-10,13-15H2,1H3. The molecule has 0 radical (unpaired) electrons. The highest BCUT2D eigenvalue weighted by Crippen LogP contribution is 2.32. The zero-order valence-electron chi connectivity index (χ0n) is 17.6. The Morgan fingerprint density at radius 3 is 2.77 bits per heavy atom. The lowest BCUT2D eigenvalue weighted by atomic mass is 9.96. The van der Waals surface area contributed by atoms with Crippen molar-refractivity contribution in [2.24, 2.45) is 5.92 Å². The molecule has 2 aliphatic rings. The molecule has 2 aliphatic heterocycles. The van der Waals surface area contributed by atoms with Crippen LogP contribution in [-0.4, -0.2) is 58.6 Å². The summed E-state index contributed by atoms with van der Waals surface area (Å²) in [6, 6.07) is 11.5. The molecule has 0 aliphatic carbocycles. The molecule has 5 rings (SSSR count). The van der Waals surface area contributed by atoms with Crippen LogP contribution in [0.4, 0.5) is 5.82 Å². The second-order valence-electron chi connectivity index (χ2n) is 8.32. The summed E-state index contributed by atoms with van der Waals surface area (Å²) in [5, 5.41) is 16.9. The summed E-state index contributed by atoms with van der Waals surface area (Å²) < 4.78 is 1.92. The highest BCUT2D eigenvalue weighted by molar-refractivity contribution is 5.82. The fraction of sp³-hybridized carbons (Fsp3) is 0.391. The highest BCUT2D eigenvalue weighted by atomic mass is 16.2. The maximum atomic E-state index is 13.0. The Bertz CT molecular complexity index is 1160. The number of aromatic nitrogens is 3. The maximum absolute atomic E-state index is 13.0. The Morgan fingerprint density at radius 1 is 1.23 bits per heavy atom. The number of carbonyl (C=O) groups excluding carboxylic acids is 1. The Labute approximate surface area is 181 Å². The zero-order valence-corrected chi connectivity index (χ0v) is 17.6. The lowest BCUT2D eigenvalue weighted by Crippen LogP contribution is -2.54. The summed E-state index contributed by atoms with van der Waals surface area (Å²) >= 11 is 0. The molecular weight excluding hydrogens is 390 g/mol. The monoisotopic (exact) mass is 415 g/mol. The first kappa shape index (κ1) is 19.5. The molecule has 158 valence electrons. The number of rotatable bonds is 4. The predicted octanol–water partition coefficient (Wildman–Crippen LogP) is 1.38. The van der Waals surface area contributed by atoms with Crippen LogP contribution in [0.5, 0.6) is 0 Å². The summed E-state index contributed by atoms with van der Waals surface area (Å²) in [5.41, 5.74) is 4.90. The fourth-order valence-corrected chi connectivity index (χ4v) is 4.50. The molecule has 4 heterocycles. The largest absolute Gasteiger partial charge is 0.354 e. The number of fused-ring (bicyclic) bond motifs is 2. The molecule has 0 saturated carbocycles. The van der Waals surface area contributed by atoms with E-state index < -0.39 is 0 Å². The third kappa shape index (κ3) is 3.62. The molecule has 2 aromatic heterocycles. The number of nitrogens with zero attached hydrogens (tertiary/aromatic N) is 6. The van der Waals surface area contributed by atoms with E-state index in [0.29, 0.717) is 25.2 Å². The number of hydrogen-bond acceptors (Lipinski definition) is 6. The number of anilines is 1. The molecule has 31 heavy (non-hydrogen) atoms. The summed E-state index contributed by atoms with van der Waals surface area (Å²) in [7, 11) is 1.85. The van der Waals surface area contributed by atoms with Gasteiger partial charge in [-0.15, -0.1) is 0 Å². The molecule has 1 amide bonds. The third-order valence-electron chi connectivity index (χ3n) is 6.19. The van der Waals surface area contributed by atoms with Crippen LogP contribution in [0, 0.1) is 17.2 Å². The van der Waals surface area contributed by atoms with E-state index in [1.165, 1.54) is 5.56 Å². The average molecular weight is 416 g/mol. The number of carbonyl (C=O) groups is 1. The summed E-state index contributed by atoms with van der Waals surface area (Å²) in [6.07, 6.45) is 3.62. The van der Waals surface area contributed by atoms with Crippen LogP contribution in [-0.2, 0) is 24.2 Å². The lowest BCUT2D eigenvalue weighted by Gasteiger charge is -2.42. The first-order chi connectivity index (χ1) is 15.1. The SMILES string of the molecule is CN(Cc1ccc(C#N)cc1)C(=O)C1CN(c2c3c(nc4ccnn24)CCNCC3)C1. The molecule has 8 nitrogen and oxygen atoms in total. The van der Waals surface area contributed by atoms with Crippen LogP contribution in [0.2, 0.25) is 0 Å². The molecule has 1 fully saturated rings. The van der Waals surface area contributed by atoms with Crippen LogP contribution in [0.3, 0.4) is 0 Å². The molecule has 8 heteroatoms. The van der Waals surface area contributed by atoms with Crippen molar-refractivity contribution >= 4 is 17.4 Å². The van der Waals surface area contributed by atoms with Crippen LogP contribution in [0.1, 0.15) is 22.4 Å². The molecule has 0 bridgehead atoms. The topological polar surface area (TPSA) is 89.6 Å². The quantitative estimate of drug-likeness (QED) is 0.693. The summed E-state index contributed by atoms with van der Waals surface area (Å²) in [4.78, 5) is 21.9. The van der Waals surface area contributed by atoms with Crippen molar-refractivity contribution in [3.05, 3.63) is 58.9 Å². The smallest absolute Gasteiger partial charge is 0.229 e. The van der Waals surface area contributed by atoms with Crippen LogP contribution in [0.25, 0.3) is 5.65 Å². The molecule has 0 atom stereocenters. The lowest BCUT2D eigenvalue weighted by molar-refractivity contribution is -0.135. The molecular formula is C23H25N7O. The van der Waals surface area contributed by atoms with E-state index in [2.05, 4.69) is 21.4 Å². The summed E-state index contributed by atoms with van der Waals surface area (Å²) in [6.45, 7) is 3.79. The van der Waals surface area contributed by atoms with Gasteiger partial charge in [-0.05, 0) is 30.7 Å². The number of amides is 1. The van der Waals surface area contributed by atoms with Crippen molar-refractivity contribution in [2.75, 3.05) is 38.1 Å². The van der Waals surface area contributed by atoms with Gasteiger partial charge < -0.3 is 15.1 Å². The number of nitrogens with one attached hydrogen (secondary N) is 1. The van der Waals surface area contributed by atoms with E-state index in [-0.39, 0.29) is 11.8 Å². The van der Waals surface area contributed by atoms with E-state index >= 15 is 0 Å². The first-order valence-corrected chi connectivity index (χ1v) is 10.7. The minimum absolute atomic E-state index is 0.0262. The van der Waals surface area contributed by atoms with Crippen molar-refractivity contribution in [1.29, 1.82) is 5.26 Å². The van der Waals surface area contributed by atoms with Crippen LogP contribution < -0.4 is 10.2 Å². The van der Waals surface area contributed by atoms with Gasteiger partial charge in [-0.3, -0.25) is 4.79 Å². The van der Waals surface area contributed by atoms with Gasteiger partial charge in [0.1, 0.15) is 5.82 Å². The van der Waals surface area contributed by atoms with Gasteiger partial charge in [0, 0.05) is 51.3 Å². The minimum Gasteiger partial charge on any atom is -0.354 e. The Morgan fingerprint density at radius 2 is 2.00 bits per heavy atom. The molecule has 1 N–H and O–H groups in total. The summed E-state index contributed by atoms with van der Waals surface area (Å²) in [5.74, 6) is 1.22. The minimum atomic E-state index is -0.0262. The van der Waals surface area contributed by atoms with E-state index in [0.717, 1.165) is 48.7 Å². The van der Waals surface area contributed by atoms with Gasteiger partial charge in [0.05, 0.1) is 29.4 Å². The van der Waals surface area contributed by atoms with E-state index in [4.69, 9.17) is 10.2 Å². The molecule has 1 saturated heterocycles. The highest BCUT2D eigenvalue weighted by Gasteiger charge is 2.37. The van der Waals surface area contributed by atoms with Crippen molar-refractivity contribution in [1.82, 2.24) is 24.8 Å². The Balaban J connectivity index is 1.31. The van der Waals surface area contributed by atoms with Gasteiger partial charge in [0.15, 0.2) is 5.65 Å². The first-order valence-electron chi connectivity index (χ1n) is 10.7. The van der Waals surface area contributed by atoms with Gasteiger partial charge in [0.25, 0.3) is 0 Å². The maximum Gasteiger partial charge on any atom is 0.229 e. The van der Waals surface area contributed by atoms with Crippen molar-refractivity contribution < 1.29 is 4.79 Å². The molecule has 0 spiro atoms. The normalized spacial score (nSPS) is 16.3. The van der Waals surface area contributed by atoms with Crippen molar-refractivity contribution in [3.63, 3.8) is 0 Å². The fourth-order valence-electron chi connectivity index (χ4n) is 4.50. The van der Waals surface area contributed by atoms with E-state index in [9.17, 15) is 4.79 Å². The van der Waals surface area contributed by atoms with Gasteiger partial charge >= 0.3 is 0 Å². The second-order valence-corrected chi connectivity index (χ2v) is 8.32. The second kappa shape index (κ2) is 8.00. The number of hydrogen-bond donors (Lipinski definition) is 1. The van der Waals surface area contributed by atoms with Crippen molar-refractivity contribution in [2.45, 2.75) is 19.4 Å². The Kier molecular flexibility index (Phi) is 5.04. The third-order valence-corrected chi connectivity index (χ3v) is 6.19. The van der Waals surface area contributed by atoms with Crippen LogP contribution >= 0.6 is 0 Å². The molecule has 1 aromatic carbocycles. The molecule has 3 aromatic rings. The van der Waals surface area contributed by atoms with Gasteiger partial charge in [-0.25, -0.2) is 4.98 Å². The Hall–Kier alpha value is -3.44. The number of nitriles is 1. The zero-order chi connectivity index (χ0) is 21.4. The van der Waals surface area contributed by atoms with E-state index in [1.807, 2.05) is 29.8 Å². The molecule has 0 unspecified atom stereocenters. The number of benzene rings is 1. The van der Waals surface area contributed by atoms with Gasteiger partial charge in [-0.1, -0.05) is 12.1 Å². The van der Waals surface area contributed by atoms with Gasteiger partial charge in [0.2, 0.25) is 5.91 Å². The average Bonchev–Trinajstić information content (AvgIpc) is 3.09. The van der Waals surface area contributed by atoms with Crippen LogP contribution in [0.15, 0.2) is 36.5 Å². The predicted molar refractivity (Wildman–Crippen MR) is 117 cm³/mol. The van der Waals surface area contributed by atoms with Crippen molar-refractivity contribution in [3.8, 4) is 6.07 Å². The van der Waals surface area contributed by atoms with E-state index in [1.54, 1.807) is 23.2 Å². The van der Waals surface area contributed by atoms with Gasteiger partial charge in [-0.2, -0.15) is 14.9 Å².